The Labute approximate surface area is 133 Å². The van der Waals surface area contributed by atoms with Crippen molar-refractivity contribution in [3.05, 3.63) is 65.2 Å². The van der Waals surface area contributed by atoms with E-state index in [4.69, 9.17) is 10.00 Å². The van der Waals surface area contributed by atoms with Gasteiger partial charge in [0.25, 0.3) is 0 Å². The van der Waals surface area contributed by atoms with Gasteiger partial charge in [0.1, 0.15) is 5.82 Å². The van der Waals surface area contributed by atoms with Gasteiger partial charge in [-0.25, -0.2) is 8.78 Å². The summed E-state index contributed by atoms with van der Waals surface area (Å²) >= 11 is 0. The molecule has 1 atom stereocenters. The van der Waals surface area contributed by atoms with E-state index in [9.17, 15) is 14.0 Å². The summed E-state index contributed by atoms with van der Waals surface area (Å²) in [6.07, 6.45) is 1.06. The lowest BCUT2D eigenvalue weighted by molar-refractivity contribution is 0.289. The average Bonchev–Trinajstić information content (AvgIpc) is 2.56. The van der Waals surface area contributed by atoms with Gasteiger partial charge in [0, 0.05) is 6.07 Å². The fourth-order valence-electron chi connectivity index (χ4n) is 2.19. The van der Waals surface area contributed by atoms with E-state index < -0.39 is 11.6 Å². The van der Waals surface area contributed by atoms with Crippen molar-refractivity contribution in [1.82, 2.24) is 0 Å². The van der Waals surface area contributed by atoms with Crippen LogP contribution in [0.25, 0.3) is 0 Å². The molecule has 5 heteroatoms. The van der Waals surface area contributed by atoms with Crippen molar-refractivity contribution >= 4 is 0 Å². The summed E-state index contributed by atoms with van der Waals surface area (Å²) in [6.45, 7) is 0.221. The average molecular weight is 312 g/mol. The summed E-state index contributed by atoms with van der Waals surface area (Å²) in [7, 11) is 0. The third kappa shape index (κ3) is 4.52. The first-order valence-electron chi connectivity index (χ1n) is 7.11. The summed E-state index contributed by atoms with van der Waals surface area (Å²) in [4.78, 5) is 0. The minimum absolute atomic E-state index is 0.00798. The summed E-state index contributed by atoms with van der Waals surface area (Å²) in [5.41, 5.74) is 1.28. The first kappa shape index (κ1) is 16.5. The molecule has 0 fully saturated rings. The largest absolute Gasteiger partial charge is 0.491 e. The van der Waals surface area contributed by atoms with E-state index in [1.165, 1.54) is 6.07 Å². The second-order valence-corrected chi connectivity index (χ2v) is 4.98. The van der Waals surface area contributed by atoms with E-state index >= 15 is 0 Å². The molecule has 0 aliphatic heterocycles. The quantitative estimate of drug-likeness (QED) is 0.747. The summed E-state index contributed by atoms with van der Waals surface area (Å²) in [5, 5.41) is 18.1. The van der Waals surface area contributed by atoms with Gasteiger partial charge in [0.05, 0.1) is 30.2 Å². The number of nitrogens with zero attached hydrogens (tertiary/aromatic N) is 2. The number of benzene rings is 2. The van der Waals surface area contributed by atoms with Gasteiger partial charge in [-0.3, -0.25) is 0 Å². The molecule has 0 saturated carbocycles. The zero-order valence-electron chi connectivity index (χ0n) is 12.3. The van der Waals surface area contributed by atoms with Crippen molar-refractivity contribution < 1.29 is 13.5 Å². The van der Waals surface area contributed by atoms with Crippen molar-refractivity contribution in [1.29, 1.82) is 10.5 Å². The molecule has 2 aromatic rings. The Morgan fingerprint density at radius 1 is 1.09 bits per heavy atom. The van der Waals surface area contributed by atoms with Gasteiger partial charge in [-0.15, -0.1) is 0 Å². The molecule has 23 heavy (non-hydrogen) atoms. The molecule has 0 aliphatic carbocycles. The SMILES string of the molecule is N#Cc1cccc(C(C#N)CCCOc2ccc(F)cc2F)c1. The van der Waals surface area contributed by atoms with Crippen LogP contribution in [0.3, 0.4) is 0 Å². The van der Waals surface area contributed by atoms with Gasteiger partial charge < -0.3 is 4.74 Å². The Kier molecular flexibility index (Phi) is 5.66. The molecule has 2 rings (SSSR count). The highest BCUT2D eigenvalue weighted by atomic mass is 19.1. The lowest BCUT2D eigenvalue weighted by Gasteiger charge is -2.11. The molecule has 2 aromatic carbocycles. The molecule has 0 bridgehead atoms. The maximum absolute atomic E-state index is 13.4. The van der Waals surface area contributed by atoms with E-state index in [-0.39, 0.29) is 18.3 Å². The molecule has 0 saturated heterocycles. The molecule has 0 aromatic heterocycles. The zero-order valence-corrected chi connectivity index (χ0v) is 12.3. The molecule has 0 heterocycles. The van der Waals surface area contributed by atoms with E-state index in [0.29, 0.717) is 18.4 Å². The molecule has 0 amide bonds. The summed E-state index contributed by atoms with van der Waals surface area (Å²) < 4.78 is 31.4. The second kappa shape index (κ2) is 7.91. The highest BCUT2D eigenvalue weighted by Gasteiger charge is 2.11. The fourth-order valence-corrected chi connectivity index (χ4v) is 2.19. The molecule has 3 nitrogen and oxygen atoms in total. The van der Waals surface area contributed by atoms with Crippen LogP contribution in [0.15, 0.2) is 42.5 Å². The first-order chi connectivity index (χ1) is 11.1. The Morgan fingerprint density at radius 3 is 2.61 bits per heavy atom. The minimum Gasteiger partial charge on any atom is -0.491 e. The molecule has 1 unspecified atom stereocenters. The Morgan fingerprint density at radius 2 is 1.91 bits per heavy atom. The standard InChI is InChI=1S/C18H14F2N2O/c19-16-6-7-18(17(20)10-16)23-8-2-5-15(12-22)14-4-1-3-13(9-14)11-21/h1,3-4,6-7,9-10,15H,2,5,8H2. The maximum Gasteiger partial charge on any atom is 0.167 e. The highest BCUT2D eigenvalue weighted by Crippen LogP contribution is 2.22. The number of hydrogen-bond acceptors (Lipinski definition) is 3. The predicted molar refractivity (Wildman–Crippen MR) is 80.6 cm³/mol. The van der Waals surface area contributed by atoms with Gasteiger partial charge in [-0.05, 0) is 42.7 Å². The maximum atomic E-state index is 13.4. The number of rotatable bonds is 6. The van der Waals surface area contributed by atoms with E-state index in [0.717, 1.165) is 17.7 Å². The van der Waals surface area contributed by atoms with E-state index in [2.05, 4.69) is 6.07 Å². The van der Waals surface area contributed by atoms with Gasteiger partial charge in [0.15, 0.2) is 11.6 Å². The van der Waals surface area contributed by atoms with Crippen molar-refractivity contribution in [2.75, 3.05) is 6.61 Å². The predicted octanol–water partition coefficient (Wildman–Crippen LogP) is 4.30. The normalized spacial score (nSPS) is 11.3. The molecule has 116 valence electrons. The van der Waals surface area contributed by atoms with Crippen LogP contribution in [-0.4, -0.2) is 6.61 Å². The smallest absolute Gasteiger partial charge is 0.167 e. The molecule has 0 N–H and O–H groups in total. The van der Waals surface area contributed by atoms with Crippen LogP contribution in [0.2, 0.25) is 0 Å². The number of halogens is 2. The molecule has 0 spiro atoms. The monoisotopic (exact) mass is 312 g/mol. The van der Waals surface area contributed by atoms with Crippen molar-refractivity contribution in [3.63, 3.8) is 0 Å². The highest BCUT2D eigenvalue weighted by molar-refractivity contribution is 5.36. The third-order valence-corrected chi connectivity index (χ3v) is 3.36. The van der Waals surface area contributed by atoms with Gasteiger partial charge >= 0.3 is 0 Å². The lowest BCUT2D eigenvalue weighted by atomic mass is 9.94. The topological polar surface area (TPSA) is 56.8 Å². The van der Waals surface area contributed by atoms with Crippen molar-refractivity contribution in [2.45, 2.75) is 18.8 Å². The Balaban J connectivity index is 1.89. The summed E-state index contributed by atoms with van der Waals surface area (Å²) in [5.74, 6) is -1.77. The van der Waals surface area contributed by atoms with Crippen molar-refractivity contribution in [3.8, 4) is 17.9 Å². The summed E-state index contributed by atoms with van der Waals surface area (Å²) in [6, 6.07) is 14.3. The first-order valence-corrected chi connectivity index (χ1v) is 7.11. The van der Waals surface area contributed by atoms with Crippen LogP contribution in [0.5, 0.6) is 5.75 Å². The molecule has 0 radical (unpaired) electrons. The van der Waals surface area contributed by atoms with Crippen LogP contribution in [-0.2, 0) is 0 Å². The van der Waals surface area contributed by atoms with Crippen LogP contribution in [0, 0.1) is 34.3 Å². The van der Waals surface area contributed by atoms with E-state index in [1.807, 2.05) is 6.07 Å². The third-order valence-electron chi connectivity index (χ3n) is 3.36. The number of hydrogen-bond donors (Lipinski definition) is 0. The van der Waals surface area contributed by atoms with Gasteiger partial charge in [0.2, 0.25) is 0 Å². The Bertz CT molecular complexity index is 762. The molecular formula is C18H14F2N2O. The zero-order chi connectivity index (χ0) is 16.7. The molecule has 0 aliphatic rings. The van der Waals surface area contributed by atoms with E-state index in [1.54, 1.807) is 24.3 Å². The number of ether oxygens (including phenoxy) is 1. The Hall–Kier alpha value is -2.92. The molecular weight excluding hydrogens is 298 g/mol. The lowest BCUT2D eigenvalue weighted by Crippen LogP contribution is -2.03. The van der Waals surface area contributed by atoms with Crippen molar-refractivity contribution in [2.24, 2.45) is 0 Å². The van der Waals surface area contributed by atoms with Crippen LogP contribution in [0.4, 0.5) is 8.78 Å². The second-order valence-electron chi connectivity index (χ2n) is 4.98. The van der Waals surface area contributed by atoms with Gasteiger partial charge in [-0.1, -0.05) is 12.1 Å². The number of nitriles is 2. The minimum atomic E-state index is -0.747. The van der Waals surface area contributed by atoms with Crippen LogP contribution >= 0.6 is 0 Å². The van der Waals surface area contributed by atoms with Crippen LogP contribution in [0.1, 0.15) is 29.9 Å². The van der Waals surface area contributed by atoms with Gasteiger partial charge in [-0.2, -0.15) is 10.5 Å². The fraction of sp³-hybridized carbons (Fsp3) is 0.222. The van der Waals surface area contributed by atoms with Crippen LogP contribution < -0.4 is 4.74 Å².